The van der Waals surface area contributed by atoms with Gasteiger partial charge >= 0.3 is 0 Å². The molecule has 0 aromatic heterocycles. The van der Waals surface area contributed by atoms with Crippen LogP contribution in [0.25, 0.3) is 87.2 Å². The molecule has 0 saturated heterocycles. The molecule has 10 aromatic rings. The molecule has 0 fully saturated rings. The molecule has 0 unspecified atom stereocenters. The Labute approximate surface area is 300 Å². The maximum atomic E-state index is 2.52. The number of hydrogen-bond acceptors (Lipinski definition) is 0. The van der Waals surface area contributed by atoms with Crippen LogP contribution in [0.4, 0.5) is 0 Å². The van der Waals surface area contributed by atoms with Crippen molar-refractivity contribution in [3.05, 3.63) is 194 Å². The SMILES string of the molecule is c1ccc([SiH2]c2ccc3c(-c4ccc(-c5cccc6ccccc56)cc4)c4ccccc4c(-c4cc5ccccc5c5ccccc45)c3c2)cc1. The van der Waals surface area contributed by atoms with Gasteiger partial charge in [-0.2, -0.15) is 0 Å². The Balaban J connectivity index is 1.26. The van der Waals surface area contributed by atoms with E-state index < -0.39 is 9.52 Å². The standard InChI is InChI=1S/C50H34Si/c1-2-16-37(17-3-1)51-38-29-30-46-48(32-38)50(47-31-36-14-5-7-19-41(36)42-20-8-9-21-43(42)47)45-23-11-10-22-44(45)49(46)35-27-25-34(26-28-35)40-24-12-15-33-13-4-6-18-39(33)40/h1-32H,51H2. The van der Waals surface area contributed by atoms with E-state index in [9.17, 15) is 0 Å². The van der Waals surface area contributed by atoms with Crippen molar-refractivity contribution in [2.24, 2.45) is 0 Å². The molecule has 0 radical (unpaired) electrons. The molecule has 0 aliphatic carbocycles. The van der Waals surface area contributed by atoms with E-state index in [1.165, 1.54) is 97.6 Å². The first-order valence-corrected chi connectivity index (χ1v) is 19.2. The molecule has 51 heavy (non-hydrogen) atoms. The summed E-state index contributed by atoms with van der Waals surface area (Å²) >= 11 is 0. The maximum absolute atomic E-state index is 2.52. The van der Waals surface area contributed by atoms with Gasteiger partial charge in [-0.15, -0.1) is 0 Å². The minimum absolute atomic E-state index is 0.672. The Morgan fingerprint density at radius 3 is 1.61 bits per heavy atom. The highest BCUT2D eigenvalue weighted by Gasteiger charge is 2.20. The van der Waals surface area contributed by atoms with E-state index in [-0.39, 0.29) is 0 Å². The van der Waals surface area contributed by atoms with Gasteiger partial charge in [0.2, 0.25) is 0 Å². The summed E-state index contributed by atoms with van der Waals surface area (Å²) in [4.78, 5) is 0. The summed E-state index contributed by atoms with van der Waals surface area (Å²) in [5.41, 5.74) is 7.66. The van der Waals surface area contributed by atoms with Gasteiger partial charge in [0.15, 0.2) is 0 Å². The quantitative estimate of drug-likeness (QED) is 0.0977. The fraction of sp³-hybridized carbons (Fsp3) is 0. The van der Waals surface area contributed by atoms with Crippen molar-refractivity contribution < 1.29 is 0 Å². The number of fused-ring (bicyclic) bond motifs is 6. The zero-order valence-corrected chi connectivity index (χ0v) is 29.6. The van der Waals surface area contributed by atoms with Crippen molar-refractivity contribution >= 4 is 73.8 Å². The largest absolute Gasteiger partial charge is 0.0875 e. The van der Waals surface area contributed by atoms with Gasteiger partial charge in [-0.25, -0.2) is 0 Å². The third kappa shape index (κ3) is 5.05. The summed E-state index contributed by atoms with van der Waals surface area (Å²) in [7, 11) is -0.672. The van der Waals surface area contributed by atoms with E-state index in [1.807, 2.05) is 0 Å². The van der Waals surface area contributed by atoms with Crippen molar-refractivity contribution in [1.82, 2.24) is 0 Å². The van der Waals surface area contributed by atoms with Crippen molar-refractivity contribution in [3.63, 3.8) is 0 Å². The third-order valence-electron chi connectivity index (χ3n) is 10.7. The van der Waals surface area contributed by atoms with Gasteiger partial charge in [0, 0.05) is 0 Å². The predicted octanol–water partition coefficient (Wildman–Crippen LogP) is 11.6. The molecule has 1 heteroatoms. The topological polar surface area (TPSA) is 0 Å². The molecular weight excluding hydrogens is 629 g/mol. The number of rotatable bonds is 5. The fourth-order valence-electron chi connectivity index (χ4n) is 8.32. The Morgan fingerprint density at radius 1 is 0.255 bits per heavy atom. The van der Waals surface area contributed by atoms with Gasteiger partial charge in [-0.3, -0.25) is 0 Å². The molecule has 0 bridgehead atoms. The molecule has 238 valence electrons. The van der Waals surface area contributed by atoms with Gasteiger partial charge in [0.25, 0.3) is 0 Å². The normalized spacial score (nSPS) is 11.8. The molecule has 0 heterocycles. The molecule has 0 spiro atoms. The molecule has 10 aromatic carbocycles. The van der Waals surface area contributed by atoms with Crippen molar-refractivity contribution in [2.75, 3.05) is 0 Å². The highest BCUT2D eigenvalue weighted by Crippen LogP contribution is 2.46. The van der Waals surface area contributed by atoms with E-state index in [0.717, 1.165) is 0 Å². The fourth-order valence-corrected chi connectivity index (χ4v) is 9.84. The van der Waals surface area contributed by atoms with E-state index >= 15 is 0 Å². The lowest BCUT2D eigenvalue weighted by atomic mass is 9.83. The van der Waals surface area contributed by atoms with Crippen LogP contribution in [0, 0.1) is 0 Å². The molecule has 0 atom stereocenters. The number of hydrogen-bond donors (Lipinski definition) is 0. The van der Waals surface area contributed by atoms with Crippen molar-refractivity contribution in [1.29, 1.82) is 0 Å². The van der Waals surface area contributed by atoms with Crippen LogP contribution in [0.15, 0.2) is 194 Å². The Morgan fingerprint density at radius 2 is 0.824 bits per heavy atom. The van der Waals surface area contributed by atoms with Gasteiger partial charge in [-0.05, 0) is 93.3 Å². The minimum atomic E-state index is -0.672. The second kappa shape index (κ2) is 12.2. The highest BCUT2D eigenvalue weighted by atomic mass is 28.2. The average Bonchev–Trinajstić information content (AvgIpc) is 3.20. The lowest BCUT2D eigenvalue weighted by Crippen LogP contribution is -2.26. The zero-order valence-electron chi connectivity index (χ0n) is 28.2. The first-order chi connectivity index (χ1) is 25.3. The summed E-state index contributed by atoms with van der Waals surface area (Å²) < 4.78 is 0. The van der Waals surface area contributed by atoms with Crippen LogP contribution in [0.5, 0.6) is 0 Å². The molecule has 0 nitrogen and oxygen atoms in total. The molecule has 0 amide bonds. The smallest absolute Gasteiger partial charge is 0.0633 e. The summed E-state index contributed by atoms with van der Waals surface area (Å²) in [6.45, 7) is 0. The molecule has 0 N–H and O–H groups in total. The third-order valence-corrected chi connectivity index (χ3v) is 12.4. The first kappa shape index (κ1) is 29.6. The molecule has 10 rings (SSSR count). The number of benzene rings is 10. The minimum Gasteiger partial charge on any atom is -0.0633 e. The van der Waals surface area contributed by atoms with Crippen LogP contribution in [0.2, 0.25) is 0 Å². The van der Waals surface area contributed by atoms with Crippen LogP contribution in [0.1, 0.15) is 0 Å². The Kier molecular flexibility index (Phi) is 7.11. The van der Waals surface area contributed by atoms with E-state index in [1.54, 1.807) is 0 Å². The van der Waals surface area contributed by atoms with Gasteiger partial charge in [0.1, 0.15) is 0 Å². The van der Waals surface area contributed by atoms with E-state index in [2.05, 4.69) is 194 Å². The highest BCUT2D eigenvalue weighted by molar-refractivity contribution is 6.67. The predicted molar refractivity (Wildman–Crippen MR) is 225 cm³/mol. The monoisotopic (exact) mass is 662 g/mol. The lowest BCUT2D eigenvalue weighted by Gasteiger charge is -2.20. The van der Waals surface area contributed by atoms with E-state index in [0.29, 0.717) is 0 Å². The van der Waals surface area contributed by atoms with Crippen LogP contribution < -0.4 is 10.4 Å². The lowest BCUT2D eigenvalue weighted by molar-refractivity contribution is 1.64. The van der Waals surface area contributed by atoms with Crippen LogP contribution in [-0.2, 0) is 0 Å². The van der Waals surface area contributed by atoms with E-state index in [4.69, 9.17) is 0 Å². The average molecular weight is 663 g/mol. The maximum Gasteiger partial charge on any atom is 0.0875 e. The summed E-state index contributed by atoms with van der Waals surface area (Å²) in [6, 6.07) is 72.2. The van der Waals surface area contributed by atoms with Crippen LogP contribution in [0.3, 0.4) is 0 Å². The van der Waals surface area contributed by atoms with Crippen LogP contribution >= 0.6 is 0 Å². The molecule has 0 aliphatic rings. The second-order valence-electron chi connectivity index (χ2n) is 13.6. The van der Waals surface area contributed by atoms with Crippen molar-refractivity contribution in [3.8, 4) is 33.4 Å². The molecule has 0 aliphatic heterocycles. The molecule has 0 saturated carbocycles. The summed E-state index contributed by atoms with van der Waals surface area (Å²) in [5.74, 6) is 0. The van der Waals surface area contributed by atoms with Gasteiger partial charge < -0.3 is 0 Å². The second-order valence-corrected chi connectivity index (χ2v) is 15.6. The summed E-state index contributed by atoms with van der Waals surface area (Å²) in [6.07, 6.45) is 0. The first-order valence-electron chi connectivity index (χ1n) is 17.8. The van der Waals surface area contributed by atoms with Crippen LogP contribution in [-0.4, -0.2) is 9.52 Å². The van der Waals surface area contributed by atoms with Gasteiger partial charge in [0.05, 0.1) is 9.52 Å². The summed E-state index contributed by atoms with van der Waals surface area (Å²) in [5, 5.41) is 15.8. The Bertz CT molecular complexity index is 2920. The Hall–Kier alpha value is -6.28. The molecular formula is C50H34Si. The van der Waals surface area contributed by atoms with Crippen molar-refractivity contribution in [2.45, 2.75) is 0 Å². The zero-order chi connectivity index (χ0) is 33.7. The van der Waals surface area contributed by atoms with Gasteiger partial charge in [-0.1, -0.05) is 198 Å².